The number of nitrogens with zero attached hydrogens (tertiary/aromatic N) is 1. The van der Waals surface area contributed by atoms with Gasteiger partial charge in [0.25, 0.3) is 0 Å². The first-order valence-electron chi connectivity index (χ1n) is 7.03. The van der Waals surface area contributed by atoms with Gasteiger partial charge in [-0.1, -0.05) is 0 Å². The van der Waals surface area contributed by atoms with Crippen molar-refractivity contribution in [1.29, 1.82) is 0 Å². The number of benzene rings is 2. The van der Waals surface area contributed by atoms with E-state index < -0.39 is 5.63 Å². The maximum atomic E-state index is 11.6. The fraction of sp³-hybridized carbons (Fsp3) is 0.111. The van der Waals surface area contributed by atoms with Gasteiger partial charge in [-0.15, -0.1) is 0 Å². The molecule has 0 aliphatic rings. The first-order chi connectivity index (χ1) is 11.1. The standard InChI is InChI=1S/C18H15NO4/c1-11-9-17(21)23-18-14(11)7-8-16(20)15(18)10-19-12-3-5-13(22-2)6-4-12/h3-10,20H,1-2H3. The van der Waals surface area contributed by atoms with Gasteiger partial charge in [0.1, 0.15) is 11.5 Å². The fourth-order valence-corrected chi connectivity index (χ4v) is 2.33. The second-order valence-electron chi connectivity index (χ2n) is 5.08. The van der Waals surface area contributed by atoms with Gasteiger partial charge >= 0.3 is 5.63 Å². The number of aliphatic imine (C=N–C) groups is 1. The fourth-order valence-electron chi connectivity index (χ4n) is 2.33. The number of hydrogen-bond acceptors (Lipinski definition) is 5. The molecule has 2 aromatic carbocycles. The maximum absolute atomic E-state index is 11.6. The van der Waals surface area contributed by atoms with Gasteiger partial charge in [0.2, 0.25) is 0 Å². The SMILES string of the molecule is COc1ccc(N=Cc2c(O)ccc3c(C)cc(=O)oc23)cc1. The van der Waals surface area contributed by atoms with E-state index in [1.54, 1.807) is 43.5 Å². The van der Waals surface area contributed by atoms with Gasteiger partial charge in [-0.3, -0.25) is 4.99 Å². The van der Waals surface area contributed by atoms with E-state index in [9.17, 15) is 9.90 Å². The second-order valence-corrected chi connectivity index (χ2v) is 5.08. The first kappa shape index (κ1) is 14.8. The van der Waals surface area contributed by atoms with Crippen molar-refractivity contribution in [3.63, 3.8) is 0 Å². The van der Waals surface area contributed by atoms with Gasteiger partial charge in [-0.05, 0) is 48.9 Å². The van der Waals surface area contributed by atoms with E-state index in [0.29, 0.717) is 16.8 Å². The van der Waals surface area contributed by atoms with Crippen molar-refractivity contribution in [3.05, 3.63) is 64.0 Å². The lowest BCUT2D eigenvalue weighted by molar-refractivity contribution is 0.415. The molecule has 0 saturated heterocycles. The summed E-state index contributed by atoms with van der Waals surface area (Å²) in [6, 6.07) is 11.9. The van der Waals surface area contributed by atoms with Crippen LogP contribution >= 0.6 is 0 Å². The first-order valence-corrected chi connectivity index (χ1v) is 7.03. The van der Waals surface area contributed by atoms with Crippen LogP contribution in [0.1, 0.15) is 11.1 Å². The van der Waals surface area contributed by atoms with Crippen LogP contribution in [0.2, 0.25) is 0 Å². The number of ether oxygens (including phenoxy) is 1. The number of hydrogen-bond donors (Lipinski definition) is 1. The molecule has 0 atom stereocenters. The lowest BCUT2D eigenvalue weighted by atomic mass is 10.1. The van der Waals surface area contributed by atoms with Gasteiger partial charge in [0.05, 0.1) is 18.4 Å². The number of aromatic hydroxyl groups is 1. The third kappa shape index (κ3) is 2.94. The molecule has 0 aliphatic carbocycles. The van der Waals surface area contributed by atoms with E-state index in [2.05, 4.69) is 4.99 Å². The summed E-state index contributed by atoms with van der Waals surface area (Å²) < 4.78 is 10.3. The molecule has 1 aromatic heterocycles. The monoisotopic (exact) mass is 309 g/mol. The van der Waals surface area contributed by atoms with Crippen molar-refractivity contribution in [1.82, 2.24) is 0 Å². The number of rotatable bonds is 3. The van der Waals surface area contributed by atoms with E-state index in [0.717, 1.165) is 16.7 Å². The molecule has 0 spiro atoms. The molecule has 3 rings (SSSR count). The third-order valence-electron chi connectivity index (χ3n) is 3.55. The van der Waals surface area contributed by atoms with E-state index in [4.69, 9.17) is 9.15 Å². The zero-order chi connectivity index (χ0) is 16.4. The van der Waals surface area contributed by atoms with Crippen LogP contribution in [0, 0.1) is 6.92 Å². The second kappa shape index (κ2) is 5.96. The van der Waals surface area contributed by atoms with Gasteiger partial charge in [0, 0.05) is 17.7 Å². The van der Waals surface area contributed by atoms with Crippen molar-refractivity contribution in [2.75, 3.05) is 7.11 Å². The Bertz CT molecular complexity index is 940. The molecule has 0 aliphatic heterocycles. The molecule has 1 N–H and O–H groups in total. The van der Waals surface area contributed by atoms with Gasteiger partial charge in [0.15, 0.2) is 5.58 Å². The molecule has 5 heteroatoms. The molecule has 23 heavy (non-hydrogen) atoms. The molecule has 5 nitrogen and oxygen atoms in total. The summed E-state index contributed by atoms with van der Waals surface area (Å²) in [5, 5.41) is 10.8. The van der Waals surface area contributed by atoms with Gasteiger partial charge < -0.3 is 14.3 Å². The van der Waals surface area contributed by atoms with Crippen LogP contribution < -0.4 is 10.4 Å². The number of methoxy groups -OCH3 is 1. The molecule has 1 heterocycles. The van der Waals surface area contributed by atoms with E-state index >= 15 is 0 Å². The van der Waals surface area contributed by atoms with Crippen LogP contribution in [0.3, 0.4) is 0 Å². The minimum absolute atomic E-state index is 0.00325. The van der Waals surface area contributed by atoms with Crippen LogP contribution in [0.4, 0.5) is 5.69 Å². The lowest BCUT2D eigenvalue weighted by Gasteiger charge is -2.05. The predicted octanol–water partition coefficient (Wildman–Crippen LogP) is 3.57. The zero-order valence-electron chi connectivity index (χ0n) is 12.7. The minimum atomic E-state index is -0.459. The van der Waals surface area contributed by atoms with Crippen LogP contribution in [0.5, 0.6) is 11.5 Å². The zero-order valence-corrected chi connectivity index (χ0v) is 12.7. The van der Waals surface area contributed by atoms with Crippen molar-refractivity contribution in [3.8, 4) is 11.5 Å². The summed E-state index contributed by atoms with van der Waals surface area (Å²) >= 11 is 0. The maximum Gasteiger partial charge on any atom is 0.336 e. The summed E-state index contributed by atoms with van der Waals surface area (Å²) in [7, 11) is 1.59. The molecule has 116 valence electrons. The Morgan fingerprint density at radius 3 is 2.61 bits per heavy atom. The topological polar surface area (TPSA) is 72.0 Å². The van der Waals surface area contributed by atoms with Crippen LogP contribution in [-0.2, 0) is 0 Å². The highest BCUT2D eigenvalue weighted by atomic mass is 16.5. The Kier molecular flexibility index (Phi) is 3.85. The number of fused-ring (bicyclic) bond motifs is 1. The molecule has 0 saturated carbocycles. The molecular formula is C18H15NO4. The molecular weight excluding hydrogens is 294 g/mol. The van der Waals surface area contributed by atoms with Gasteiger partial charge in [-0.25, -0.2) is 4.79 Å². The largest absolute Gasteiger partial charge is 0.507 e. The summed E-state index contributed by atoms with van der Waals surface area (Å²) in [6.45, 7) is 1.82. The normalized spacial score (nSPS) is 11.2. The number of phenolic OH excluding ortho intramolecular Hbond substituents is 1. The average molecular weight is 309 g/mol. The quantitative estimate of drug-likeness (QED) is 0.593. The van der Waals surface area contributed by atoms with E-state index in [1.165, 1.54) is 12.3 Å². The van der Waals surface area contributed by atoms with Crippen LogP contribution in [0.25, 0.3) is 11.0 Å². The molecule has 3 aromatic rings. The number of phenols is 1. The summed E-state index contributed by atoms with van der Waals surface area (Å²) in [4.78, 5) is 15.9. The van der Waals surface area contributed by atoms with Gasteiger partial charge in [-0.2, -0.15) is 0 Å². The number of aryl methyl sites for hydroxylation is 1. The minimum Gasteiger partial charge on any atom is -0.507 e. The Labute approximate surface area is 132 Å². The third-order valence-corrected chi connectivity index (χ3v) is 3.55. The van der Waals surface area contributed by atoms with E-state index in [1.807, 2.05) is 6.92 Å². The highest BCUT2D eigenvalue weighted by Gasteiger charge is 2.10. The van der Waals surface area contributed by atoms with Crippen LogP contribution in [-0.4, -0.2) is 18.4 Å². The molecule has 0 bridgehead atoms. The van der Waals surface area contributed by atoms with Crippen molar-refractivity contribution >= 4 is 22.9 Å². The Hall–Kier alpha value is -3.08. The molecule has 0 unspecified atom stereocenters. The summed E-state index contributed by atoms with van der Waals surface area (Å²) in [5.41, 5.74) is 1.72. The predicted molar refractivity (Wildman–Crippen MR) is 89.1 cm³/mol. The van der Waals surface area contributed by atoms with Crippen molar-refractivity contribution in [2.45, 2.75) is 6.92 Å². The highest BCUT2D eigenvalue weighted by Crippen LogP contribution is 2.27. The Morgan fingerprint density at radius 2 is 1.91 bits per heavy atom. The molecule has 0 radical (unpaired) electrons. The van der Waals surface area contributed by atoms with E-state index in [-0.39, 0.29) is 5.75 Å². The Morgan fingerprint density at radius 1 is 1.17 bits per heavy atom. The lowest BCUT2D eigenvalue weighted by Crippen LogP contribution is -2.00. The van der Waals surface area contributed by atoms with Crippen LogP contribution in [0.15, 0.2) is 56.7 Å². The van der Waals surface area contributed by atoms with Crippen molar-refractivity contribution < 1.29 is 14.3 Å². The van der Waals surface area contributed by atoms with Crippen molar-refractivity contribution in [2.24, 2.45) is 4.99 Å². The summed E-state index contributed by atoms with van der Waals surface area (Å²) in [6.07, 6.45) is 1.49. The smallest absolute Gasteiger partial charge is 0.336 e. The molecule has 0 fully saturated rings. The Balaban J connectivity index is 2.09. The highest BCUT2D eigenvalue weighted by molar-refractivity contribution is 6.00. The summed E-state index contributed by atoms with van der Waals surface area (Å²) in [5.74, 6) is 0.738. The average Bonchev–Trinajstić information content (AvgIpc) is 2.54. The molecule has 0 amide bonds.